The zero-order valence-electron chi connectivity index (χ0n) is 11.4. The number of hydrogen-bond donors (Lipinski definition) is 2. The van der Waals surface area contributed by atoms with Crippen molar-refractivity contribution < 1.29 is 5.11 Å². The quantitative estimate of drug-likeness (QED) is 0.835. The molecule has 0 heterocycles. The Balaban J connectivity index is 1.75. The highest BCUT2D eigenvalue weighted by Crippen LogP contribution is 2.27. The van der Waals surface area contributed by atoms with Gasteiger partial charge in [0.25, 0.3) is 0 Å². The van der Waals surface area contributed by atoms with Gasteiger partial charge in [0.15, 0.2) is 0 Å². The number of aliphatic hydroxyl groups is 1. The second kappa shape index (κ2) is 6.35. The predicted octanol–water partition coefficient (Wildman–Crippen LogP) is 3.42. The van der Waals surface area contributed by atoms with E-state index in [1.807, 2.05) is 30.3 Å². The number of hydrogen-bond acceptors (Lipinski definition) is 2. The molecule has 0 spiro atoms. The van der Waals surface area contributed by atoms with Gasteiger partial charge in [-0.15, -0.1) is 0 Å². The molecule has 1 fully saturated rings. The molecule has 2 heteroatoms. The van der Waals surface area contributed by atoms with Crippen LogP contribution >= 0.6 is 0 Å². The van der Waals surface area contributed by atoms with Crippen LogP contribution in [0.15, 0.2) is 30.3 Å². The van der Waals surface area contributed by atoms with Crippen LogP contribution in [0.2, 0.25) is 0 Å². The SMILES string of the molecule is CC1(NCC[C@@H](O)c2ccccc2)CCCCC1. The Morgan fingerprint density at radius 2 is 1.83 bits per heavy atom. The Hall–Kier alpha value is -0.860. The standard InChI is InChI=1S/C16H25NO/c1-16(11-6-3-7-12-16)17-13-10-15(18)14-8-4-2-5-9-14/h2,4-5,8-9,15,17-18H,3,6-7,10-13H2,1H3/t15-/m1/s1. The molecule has 0 amide bonds. The molecule has 0 bridgehead atoms. The van der Waals surface area contributed by atoms with Crippen LogP contribution in [0.4, 0.5) is 0 Å². The van der Waals surface area contributed by atoms with E-state index in [1.165, 1.54) is 32.1 Å². The van der Waals surface area contributed by atoms with E-state index in [0.29, 0.717) is 5.54 Å². The van der Waals surface area contributed by atoms with Gasteiger partial charge in [0, 0.05) is 5.54 Å². The monoisotopic (exact) mass is 247 g/mol. The molecule has 1 aromatic rings. The molecule has 1 aromatic carbocycles. The molecule has 0 aromatic heterocycles. The second-order valence-corrected chi connectivity index (χ2v) is 5.76. The van der Waals surface area contributed by atoms with E-state index in [0.717, 1.165) is 18.5 Å². The minimum Gasteiger partial charge on any atom is -0.388 e. The van der Waals surface area contributed by atoms with Gasteiger partial charge in [-0.25, -0.2) is 0 Å². The summed E-state index contributed by atoms with van der Waals surface area (Å²) in [6, 6.07) is 9.93. The maximum Gasteiger partial charge on any atom is 0.0802 e. The zero-order valence-corrected chi connectivity index (χ0v) is 11.4. The first-order chi connectivity index (χ1) is 8.70. The normalized spacial score (nSPS) is 20.6. The van der Waals surface area contributed by atoms with Crippen molar-refractivity contribution in [1.29, 1.82) is 0 Å². The van der Waals surface area contributed by atoms with Crippen molar-refractivity contribution in [1.82, 2.24) is 5.32 Å². The van der Waals surface area contributed by atoms with Crippen LogP contribution in [0, 0.1) is 0 Å². The largest absolute Gasteiger partial charge is 0.388 e. The highest BCUT2D eigenvalue weighted by atomic mass is 16.3. The topological polar surface area (TPSA) is 32.3 Å². The van der Waals surface area contributed by atoms with Gasteiger partial charge in [0.2, 0.25) is 0 Å². The van der Waals surface area contributed by atoms with Crippen molar-refractivity contribution in [2.45, 2.75) is 57.1 Å². The summed E-state index contributed by atoms with van der Waals surface area (Å²) in [5, 5.41) is 13.7. The van der Waals surface area contributed by atoms with E-state index in [4.69, 9.17) is 0 Å². The van der Waals surface area contributed by atoms with Crippen LogP contribution in [0.3, 0.4) is 0 Å². The van der Waals surface area contributed by atoms with Crippen molar-refractivity contribution >= 4 is 0 Å². The molecule has 18 heavy (non-hydrogen) atoms. The van der Waals surface area contributed by atoms with Gasteiger partial charge in [-0.1, -0.05) is 49.6 Å². The fourth-order valence-corrected chi connectivity index (χ4v) is 2.86. The first kappa shape index (κ1) is 13.6. The summed E-state index contributed by atoms with van der Waals surface area (Å²) in [4.78, 5) is 0. The van der Waals surface area contributed by atoms with Crippen LogP contribution in [-0.2, 0) is 0 Å². The molecule has 0 aliphatic heterocycles. The summed E-state index contributed by atoms with van der Waals surface area (Å²) in [6.07, 6.45) is 7.05. The number of rotatable bonds is 5. The van der Waals surface area contributed by atoms with E-state index in [2.05, 4.69) is 12.2 Å². The van der Waals surface area contributed by atoms with Crippen molar-refractivity contribution in [3.63, 3.8) is 0 Å². The lowest BCUT2D eigenvalue weighted by Crippen LogP contribution is -2.44. The minimum atomic E-state index is -0.342. The lowest BCUT2D eigenvalue weighted by molar-refractivity contribution is 0.157. The van der Waals surface area contributed by atoms with Crippen molar-refractivity contribution in [3.8, 4) is 0 Å². The lowest BCUT2D eigenvalue weighted by Gasteiger charge is -2.35. The van der Waals surface area contributed by atoms with E-state index in [1.54, 1.807) is 0 Å². The summed E-state index contributed by atoms with van der Waals surface area (Å²) >= 11 is 0. The van der Waals surface area contributed by atoms with Crippen molar-refractivity contribution in [2.75, 3.05) is 6.54 Å². The lowest BCUT2D eigenvalue weighted by atomic mass is 9.83. The Morgan fingerprint density at radius 1 is 1.17 bits per heavy atom. The summed E-state index contributed by atoms with van der Waals surface area (Å²) in [7, 11) is 0. The molecule has 100 valence electrons. The third kappa shape index (κ3) is 3.82. The van der Waals surface area contributed by atoms with Gasteiger partial charge >= 0.3 is 0 Å². The van der Waals surface area contributed by atoms with Gasteiger partial charge < -0.3 is 10.4 Å². The van der Waals surface area contributed by atoms with E-state index in [9.17, 15) is 5.11 Å². The maximum absolute atomic E-state index is 10.1. The molecule has 1 aliphatic carbocycles. The van der Waals surface area contributed by atoms with Gasteiger partial charge in [-0.05, 0) is 38.3 Å². The van der Waals surface area contributed by atoms with Gasteiger partial charge in [-0.2, -0.15) is 0 Å². The highest BCUT2D eigenvalue weighted by molar-refractivity contribution is 5.17. The van der Waals surface area contributed by atoms with E-state index in [-0.39, 0.29) is 6.10 Å². The second-order valence-electron chi connectivity index (χ2n) is 5.76. The first-order valence-corrected chi connectivity index (χ1v) is 7.18. The molecule has 1 saturated carbocycles. The highest BCUT2D eigenvalue weighted by Gasteiger charge is 2.25. The maximum atomic E-state index is 10.1. The molecule has 0 saturated heterocycles. The van der Waals surface area contributed by atoms with E-state index < -0.39 is 0 Å². The van der Waals surface area contributed by atoms with Crippen LogP contribution in [-0.4, -0.2) is 17.2 Å². The summed E-state index contributed by atoms with van der Waals surface area (Å²) in [5.41, 5.74) is 1.32. The molecule has 2 N–H and O–H groups in total. The molecule has 1 atom stereocenters. The third-order valence-corrected chi connectivity index (χ3v) is 4.11. The van der Waals surface area contributed by atoms with Crippen LogP contribution in [0.25, 0.3) is 0 Å². The van der Waals surface area contributed by atoms with Gasteiger partial charge in [0.05, 0.1) is 6.10 Å². The first-order valence-electron chi connectivity index (χ1n) is 7.18. The molecular formula is C16H25NO. The molecule has 0 radical (unpaired) electrons. The minimum absolute atomic E-state index is 0.300. The third-order valence-electron chi connectivity index (χ3n) is 4.11. The number of aliphatic hydroxyl groups excluding tert-OH is 1. The summed E-state index contributed by atoms with van der Waals surface area (Å²) in [5.74, 6) is 0. The molecule has 2 rings (SSSR count). The zero-order chi connectivity index (χ0) is 12.8. The van der Waals surface area contributed by atoms with Gasteiger partial charge in [0.1, 0.15) is 0 Å². The van der Waals surface area contributed by atoms with Crippen LogP contribution in [0.1, 0.15) is 57.1 Å². The van der Waals surface area contributed by atoms with Crippen LogP contribution in [0.5, 0.6) is 0 Å². The van der Waals surface area contributed by atoms with Crippen molar-refractivity contribution in [2.24, 2.45) is 0 Å². The Labute approximate surface area is 110 Å². The smallest absolute Gasteiger partial charge is 0.0802 e. The fraction of sp³-hybridized carbons (Fsp3) is 0.625. The average molecular weight is 247 g/mol. The van der Waals surface area contributed by atoms with Crippen LogP contribution < -0.4 is 5.32 Å². The fourth-order valence-electron chi connectivity index (χ4n) is 2.86. The van der Waals surface area contributed by atoms with Crippen molar-refractivity contribution in [3.05, 3.63) is 35.9 Å². The summed E-state index contributed by atoms with van der Waals surface area (Å²) < 4.78 is 0. The number of nitrogens with one attached hydrogen (secondary N) is 1. The molecular weight excluding hydrogens is 222 g/mol. The van der Waals surface area contributed by atoms with Gasteiger partial charge in [-0.3, -0.25) is 0 Å². The Bertz CT molecular complexity index is 343. The summed E-state index contributed by atoms with van der Waals surface area (Å²) in [6.45, 7) is 3.22. The predicted molar refractivity (Wildman–Crippen MR) is 75.5 cm³/mol. The Kier molecular flexibility index (Phi) is 4.79. The molecule has 2 nitrogen and oxygen atoms in total. The van der Waals surface area contributed by atoms with E-state index >= 15 is 0 Å². The molecule has 0 unspecified atom stereocenters. The average Bonchev–Trinajstić information content (AvgIpc) is 2.40. The number of benzene rings is 1. The Morgan fingerprint density at radius 3 is 2.50 bits per heavy atom. The molecule has 1 aliphatic rings.